The fourth-order valence-electron chi connectivity index (χ4n) is 1.68. The van der Waals surface area contributed by atoms with Gasteiger partial charge in [0.25, 0.3) is 0 Å². The van der Waals surface area contributed by atoms with Crippen LogP contribution in [-0.2, 0) is 6.54 Å². The number of aromatic nitrogens is 1. The van der Waals surface area contributed by atoms with Crippen molar-refractivity contribution in [3.63, 3.8) is 0 Å². The van der Waals surface area contributed by atoms with Gasteiger partial charge in [-0.3, -0.25) is 4.98 Å². The van der Waals surface area contributed by atoms with E-state index in [9.17, 15) is 0 Å². The Labute approximate surface area is 82.8 Å². The molecule has 0 aliphatic carbocycles. The van der Waals surface area contributed by atoms with Crippen LogP contribution in [0.5, 0.6) is 0 Å². The van der Waals surface area contributed by atoms with Gasteiger partial charge in [0.1, 0.15) is 0 Å². The second-order valence-corrected chi connectivity index (χ2v) is 4.57. The zero-order valence-corrected chi connectivity index (χ0v) is 8.68. The monoisotopic (exact) mass is 197 g/mol. The van der Waals surface area contributed by atoms with Gasteiger partial charge in [0.2, 0.25) is 0 Å². The van der Waals surface area contributed by atoms with E-state index in [2.05, 4.69) is 22.2 Å². The molecule has 1 unspecified atom stereocenters. The molecule has 1 N–H and O–H groups in total. The maximum Gasteiger partial charge on any atom is 0.0794 e. The summed E-state index contributed by atoms with van der Waals surface area (Å²) in [5.74, 6) is 0. The molecule has 0 spiro atoms. The summed E-state index contributed by atoms with van der Waals surface area (Å²) in [6.07, 6.45) is 3.21. The second kappa shape index (κ2) is 4.17. The Bertz CT molecular complexity index is 247. The summed E-state index contributed by atoms with van der Waals surface area (Å²) in [6, 6.07) is 0.673. The number of nitrogens with zero attached hydrogens (tertiary/aromatic N) is 2. The molecular weight excluding hydrogens is 182 g/mol. The van der Waals surface area contributed by atoms with E-state index in [1.165, 1.54) is 24.4 Å². The number of rotatable bonds is 3. The summed E-state index contributed by atoms with van der Waals surface area (Å²) in [7, 11) is 2.17. The highest BCUT2D eigenvalue weighted by Gasteiger charge is 2.18. The average Bonchev–Trinajstić information content (AvgIpc) is 2.71. The van der Waals surface area contributed by atoms with E-state index < -0.39 is 0 Å². The number of nitrogens with one attached hydrogen (secondary N) is 1. The molecule has 1 aromatic heterocycles. The van der Waals surface area contributed by atoms with Crippen LogP contribution in [0.3, 0.4) is 0 Å². The van der Waals surface area contributed by atoms with Gasteiger partial charge in [-0.05, 0) is 20.0 Å². The van der Waals surface area contributed by atoms with Gasteiger partial charge in [0.05, 0.1) is 5.51 Å². The molecule has 1 aliphatic heterocycles. The Morgan fingerprint density at radius 3 is 3.31 bits per heavy atom. The Balaban J connectivity index is 1.74. The Morgan fingerprint density at radius 2 is 2.69 bits per heavy atom. The second-order valence-electron chi connectivity index (χ2n) is 3.60. The van der Waals surface area contributed by atoms with E-state index in [1.54, 1.807) is 11.3 Å². The zero-order valence-electron chi connectivity index (χ0n) is 7.86. The molecule has 0 aromatic carbocycles. The van der Waals surface area contributed by atoms with Crippen molar-refractivity contribution in [3.8, 4) is 0 Å². The van der Waals surface area contributed by atoms with Gasteiger partial charge in [-0.2, -0.15) is 0 Å². The third-order valence-corrected chi connectivity index (χ3v) is 3.22. The summed E-state index contributed by atoms with van der Waals surface area (Å²) >= 11 is 1.72. The number of likely N-dealkylation sites (tertiary alicyclic amines) is 1. The quantitative estimate of drug-likeness (QED) is 0.781. The first-order valence-corrected chi connectivity index (χ1v) is 5.52. The molecule has 1 atom stereocenters. The lowest BCUT2D eigenvalue weighted by molar-refractivity contribution is 0.398. The molecule has 3 nitrogen and oxygen atoms in total. The van der Waals surface area contributed by atoms with Crippen LogP contribution in [0.2, 0.25) is 0 Å². The van der Waals surface area contributed by atoms with Crippen molar-refractivity contribution >= 4 is 11.3 Å². The van der Waals surface area contributed by atoms with Gasteiger partial charge < -0.3 is 10.2 Å². The van der Waals surface area contributed by atoms with Gasteiger partial charge in [0.15, 0.2) is 0 Å². The number of thiazole rings is 1. The maximum atomic E-state index is 4.05. The number of hydrogen-bond acceptors (Lipinski definition) is 4. The van der Waals surface area contributed by atoms with E-state index in [-0.39, 0.29) is 0 Å². The lowest BCUT2D eigenvalue weighted by Gasteiger charge is -2.11. The molecule has 1 aromatic rings. The van der Waals surface area contributed by atoms with Gasteiger partial charge in [0, 0.05) is 30.2 Å². The molecule has 0 saturated carbocycles. The lowest BCUT2D eigenvalue weighted by atomic mass is 10.2. The number of likely N-dealkylation sites (N-methyl/N-ethyl adjacent to an activating group) is 1. The van der Waals surface area contributed by atoms with Gasteiger partial charge in [-0.25, -0.2) is 0 Å². The van der Waals surface area contributed by atoms with Crippen molar-refractivity contribution in [2.24, 2.45) is 0 Å². The lowest BCUT2D eigenvalue weighted by Crippen LogP contribution is -2.30. The molecule has 2 heterocycles. The normalized spacial score (nSPS) is 23.9. The van der Waals surface area contributed by atoms with Crippen molar-refractivity contribution < 1.29 is 0 Å². The largest absolute Gasteiger partial charge is 0.308 e. The fourth-order valence-corrected chi connectivity index (χ4v) is 2.22. The highest BCUT2D eigenvalue weighted by molar-refractivity contribution is 7.09. The highest BCUT2D eigenvalue weighted by Crippen LogP contribution is 2.09. The highest BCUT2D eigenvalue weighted by atomic mass is 32.1. The maximum absolute atomic E-state index is 4.05. The predicted octanol–water partition coefficient (Wildman–Crippen LogP) is 0.937. The molecule has 13 heavy (non-hydrogen) atoms. The van der Waals surface area contributed by atoms with Gasteiger partial charge >= 0.3 is 0 Å². The van der Waals surface area contributed by atoms with E-state index in [4.69, 9.17) is 0 Å². The van der Waals surface area contributed by atoms with E-state index >= 15 is 0 Å². The Hall–Kier alpha value is -0.450. The zero-order chi connectivity index (χ0) is 9.10. The van der Waals surface area contributed by atoms with Crippen LogP contribution in [0.4, 0.5) is 0 Å². The third-order valence-electron chi connectivity index (χ3n) is 2.44. The van der Waals surface area contributed by atoms with Crippen LogP contribution in [0.1, 0.15) is 11.3 Å². The minimum atomic E-state index is 0.673. The molecule has 1 aliphatic rings. The minimum absolute atomic E-state index is 0.673. The molecule has 0 amide bonds. The van der Waals surface area contributed by atoms with Crippen LogP contribution in [0.25, 0.3) is 0 Å². The molecule has 4 heteroatoms. The average molecular weight is 197 g/mol. The molecule has 0 bridgehead atoms. The van der Waals surface area contributed by atoms with Crippen molar-refractivity contribution in [1.82, 2.24) is 15.2 Å². The minimum Gasteiger partial charge on any atom is -0.308 e. The van der Waals surface area contributed by atoms with Crippen molar-refractivity contribution in [2.45, 2.75) is 19.0 Å². The van der Waals surface area contributed by atoms with E-state index in [1.807, 2.05) is 11.7 Å². The first-order valence-electron chi connectivity index (χ1n) is 4.64. The standard InChI is InChI=1S/C9H15N3S/c1-12-3-2-8(6-12)11-5-9-4-10-7-13-9/h4,7-8,11H,2-3,5-6H2,1H3. The predicted molar refractivity (Wildman–Crippen MR) is 54.9 cm³/mol. The summed E-state index contributed by atoms with van der Waals surface area (Å²) in [4.78, 5) is 7.74. The van der Waals surface area contributed by atoms with Crippen LogP contribution in [0.15, 0.2) is 11.7 Å². The molecule has 0 radical (unpaired) electrons. The van der Waals surface area contributed by atoms with Gasteiger partial charge in [-0.1, -0.05) is 0 Å². The first kappa shape index (κ1) is 9.12. The van der Waals surface area contributed by atoms with Crippen LogP contribution >= 0.6 is 11.3 Å². The fraction of sp³-hybridized carbons (Fsp3) is 0.667. The smallest absolute Gasteiger partial charge is 0.0794 e. The van der Waals surface area contributed by atoms with Crippen molar-refractivity contribution in [1.29, 1.82) is 0 Å². The molecule has 2 rings (SSSR count). The summed E-state index contributed by atoms with van der Waals surface area (Å²) in [5, 5.41) is 3.54. The summed E-state index contributed by atoms with van der Waals surface area (Å²) in [5.41, 5.74) is 1.89. The van der Waals surface area contributed by atoms with Crippen LogP contribution < -0.4 is 5.32 Å². The Morgan fingerprint density at radius 1 is 1.77 bits per heavy atom. The van der Waals surface area contributed by atoms with E-state index in [0.29, 0.717) is 6.04 Å². The van der Waals surface area contributed by atoms with Gasteiger partial charge in [-0.15, -0.1) is 11.3 Å². The molecule has 1 saturated heterocycles. The van der Waals surface area contributed by atoms with Crippen molar-refractivity contribution in [3.05, 3.63) is 16.6 Å². The SMILES string of the molecule is CN1CCC(NCc2cncs2)C1. The van der Waals surface area contributed by atoms with Crippen molar-refractivity contribution in [2.75, 3.05) is 20.1 Å². The summed E-state index contributed by atoms with van der Waals surface area (Å²) in [6.45, 7) is 3.38. The van der Waals surface area contributed by atoms with Crippen LogP contribution in [-0.4, -0.2) is 36.1 Å². The van der Waals surface area contributed by atoms with E-state index in [0.717, 1.165) is 6.54 Å². The Kier molecular flexibility index (Phi) is 2.93. The molecule has 1 fully saturated rings. The molecular formula is C9H15N3S. The topological polar surface area (TPSA) is 28.2 Å². The summed E-state index contributed by atoms with van der Waals surface area (Å²) < 4.78 is 0. The first-order chi connectivity index (χ1) is 6.34. The third kappa shape index (κ3) is 2.49. The molecule has 72 valence electrons. The number of hydrogen-bond donors (Lipinski definition) is 1. The van der Waals surface area contributed by atoms with Crippen LogP contribution in [0, 0.1) is 0 Å².